The Morgan fingerprint density at radius 2 is 2.00 bits per heavy atom. The number of fused-ring (bicyclic) bond motifs is 5. The van der Waals surface area contributed by atoms with E-state index in [1.807, 2.05) is 42.5 Å². The minimum absolute atomic E-state index is 0.0333. The normalized spacial score (nSPS) is 19.5. The van der Waals surface area contributed by atoms with E-state index in [0.717, 1.165) is 27.2 Å². The zero-order valence-electron chi connectivity index (χ0n) is 15.8. The van der Waals surface area contributed by atoms with Gasteiger partial charge in [0.05, 0.1) is 23.5 Å². The van der Waals surface area contributed by atoms with Crippen LogP contribution in [0.5, 0.6) is 5.75 Å². The number of nitrogens with one attached hydrogen (secondary N) is 2. The Morgan fingerprint density at radius 1 is 1.13 bits per heavy atom. The summed E-state index contributed by atoms with van der Waals surface area (Å²) < 4.78 is 7.83. The molecule has 8 nitrogen and oxygen atoms in total. The third kappa shape index (κ3) is 2.15. The molecule has 2 N–H and O–H groups in total. The van der Waals surface area contributed by atoms with E-state index < -0.39 is 5.41 Å². The summed E-state index contributed by atoms with van der Waals surface area (Å²) in [7, 11) is 1.62. The van der Waals surface area contributed by atoms with E-state index in [9.17, 15) is 9.59 Å². The van der Waals surface area contributed by atoms with Crippen LogP contribution in [0.4, 0.5) is 11.5 Å². The van der Waals surface area contributed by atoms with Gasteiger partial charge < -0.3 is 15.4 Å². The molecule has 6 rings (SSSR count). The van der Waals surface area contributed by atoms with Gasteiger partial charge >= 0.3 is 0 Å². The van der Waals surface area contributed by atoms with Crippen LogP contribution in [0.25, 0.3) is 15.3 Å². The van der Waals surface area contributed by atoms with Crippen LogP contribution in [-0.4, -0.2) is 33.7 Å². The molecule has 4 heterocycles. The van der Waals surface area contributed by atoms with Gasteiger partial charge in [-0.05, 0) is 29.8 Å². The molecule has 148 valence electrons. The summed E-state index contributed by atoms with van der Waals surface area (Å²) in [5.74, 6) is 0.767. The number of aromatic nitrogens is 3. The molecule has 0 saturated carbocycles. The van der Waals surface area contributed by atoms with Gasteiger partial charge in [-0.1, -0.05) is 29.5 Å². The molecule has 0 saturated heterocycles. The fourth-order valence-electron chi connectivity index (χ4n) is 4.31. The number of carbonyl (C=O) groups excluding carboxylic acids is 2. The molecule has 0 radical (unpaired) electrons. The van der Waals surface area contributed by atoms with Crippen LogP contribution in [0.3, 0.4) is 0 Å². The first kappa shape index (κ1) is 17.2. The smallest absolute Gasteiger partial charge is 0.240 e. The van der Waals surface area contributed by atoms with Crippen molar-refractivity contribution in [1.29, 1.82) is 0 Å². The van der Waals surface area contributed by atoms with Crippen molar-refractivity contribution in [3.8, 4) is 10.9 Å². The lowest BCUT2D eigenvalue weighted by atomic mass is 9.72. The second kappa shape index (κ2) is 5.90. The van der Waals surface area contributed by atoms with Gasteiger partial charge in [-0.3, -0.25) is 9.59 Å². The van der Waals surface area contributed by atoms with Crippen LogP contribution < -0.4 is 15.4 Å². The maximum Gasteiger partial charge on any atom is 0.240 e. The van der Waals surface area contributed by atoms with Crippen LogP contribution in [0, 0.1) is 0 Å². The number of hydrogen-bond donors (Lipinski definition) is 2. The lowest BCUT2D eigenvalue weighted by molar-refractivity contribution is -0.125. The first-order chi connectivity index (χ1) is 14.6. The Labute approximate surface area is 174 Å². The van der Waals surface area contributed by atoms with Crippen LogP contribution in [0.15, 0.2) is 48.7 Å². The molecule has 1 unspecified atom stereocenters. The number of methoxy groups -OCH3 is 1. The lowest BCUT2D eigenvalue weighted by Crippen LogP contribution is -2.43. The largest absolute Gasteiger partial charge is 0.497 e. The average molecular weight is 417 g/mol. The van der Waals surface area contributed by atoms with Crippen molar-refractivity contribution in [2.24, 2.45) is 0 Å². The van der Waals surface area contributed by atoms with Gasteiger partial charge in [-0.15, -0.1) is 0 Å². The third-order valence-corrected chi connectivity index (χ3v) is 6.69. The molecule has 0 aliphatic carbocycles. The van der Waals surface area contributed by atoms with Crippen molar-refractivity contribution < 1.29 is 14.3 Å². The number of para-hydroxylation sites is 1. The van der Waals surface area contributed by atoms with Gasteiger partial charge in [0.2, 0.25) is 16.9 Å². The van der Waals surface area contributed by atoms with E-state index in [0.29, 0.717) is 16.5 Å². The fourth-order valence-corrected chi connectivity index (χ4v) is 5.27. The topological polar surface area (TPSA) is 98.1 Å². The molecule has 0 bridgehead atoms. The highest BCUT2D eigenvalue weighted by Gasteiger charge is 2.54. The van der Waals surface area contributed by atoms with E-state index in [-0.39, 0.29) is 18.2 Å². The first-order valence-electron chi connectivity index (χ1n) is 9.34. The predicted octanol–water partition coefficient (Wildman–Crippen LogP) is 3.07. The van der Waals surface area contributed by atoms with Gasteiger partial charge in [0.1, 0.15) is 17.0 Å². The van der Waals surface area contributed by atoms with Crippen LogP contribution in [-0.2, 0) is 15.0 Å². The van der Waals surface area contributed by atoms with Crippen LogP contribution in [0.1, 0.15) is 17.5 Å². The summed E-state index contributed by atoms with van der Waals surface area (Å²) in [5, 5.41) is 10.9. The van der Waals surface area contributed by atoms with E-state index in [2.05, 4.69) is 20.7 Å². The van der Waals surface area contributed by atoms with Gasteiger partial charge in [0.25, 0.3) is 0 Å². The molecular formula is C21H15N5O3S. The van der Waals surface area contributed by atoms with Crippen molar-refractivity contribution in [3.05, 3.63) is 59.8 Å². The number of benzene rings is 2. The number of rotatable bonds is 2. The third-order valence-electron chi connectivity index (χ3n) is 5.70. The number of thiazole rings is 1. The maximum absolute atomic E-state index is 13.1. The molecule has 2 aromatic carbocycles. The quantitative estimate of drug-likeness (QED) is 0.522. The Morgan fingerprint density at radius 3 is 2.87 bits per heavy atom. The highest BCUT2D eigenvalue weighted by molar-refractivity contribution is 7.20. The molecule has 9 heteroatoms. The van der Waals surface area contributed by atoms with Gasteiger partial charge in [0, 0.05) is 17.7 Å². The highest BCUT2D eigenvalue weighted by Crippen LogP contribution is 2.50. The van der Waals surface area contributed by atoms with E-state index in [4.69, 9.17) is 4.74 Å². The Balaban J connectivity index is 1.56. The SMILES string of the molecule is COc1ccc2nc(-n3ncc4c3NC(=O)CC43C(=O)Nc4ccccc43)sc2c1. The van der Waals surface area contributed by atoms with Gasteiger partial charge in [-0.25, -0.2) is 4.98 Å². The summed E-state index contributed by atoms with van der Waals surface area (Å²) in [5.41, 5.74) is 1.90. The Bertz CT molecular complexity index is 1370. The van der Waals surface area contributed by atoms with Crippen molar-refractivity contribution in [1.82, 2.24) is 14.8 Å². The molecule has 30 heavy (non-hydrogen) atoms. The summed E-state index contributed by atoms with van der Waals surface area (Å²) in [4.78, 5) is 30.5. The van der Waals surface area contributed by atoms with E-state index in [1.54, 1.807) is 18.0 Å². The molecule has 4 aromatic rings. The molecule has 0 fully saturated rings. The van der Waals surface area contributed by atoms with Crippen LogP contribution >= 0.6 is 11.3 Å². The summed E-state index contributed by atoms with van der Waals surface area (Å²) in [6, 6.07) is 13.1. The monoisotopic (exact) mass is 417 g/mol. The molecular weight excluding hydrogens is 402 g/mol. The highest BCUT2D eigenvalue weighted by atomic mass is 32.1. The summed E-state index contributed by atoms with van der Waals surface area (Å²) in [6.07, 6.45) is 1.69. The maximum atomic E-state index is 13.1. The molecule has 2 amide bonds. The second-order valence-electron chi connectivity index (χ2n) is 7.28. The number of nitrogens with zero attached hydrogens (tertiary/aromatic N) is 3. The summed E-state index contributed by atoms with van der Waals surface area (Å²) >= 11 is 1.43. The van der Waals surface area contributed by atoms with Crippen LogP contribution in [0.2, 0.25) is 0 Å². The number of anilines is 2. The zero-order chi connectivity index (χ0) is 20.5. The van der Waals surface area contributed by atoms with Crippen molar-refractivity contribution in [2.45, 2.75) is 11.8 Å². The lowest BCUT2D eigenvalue weighted by Gasteiger charge is -2.31. The van der Waals surface area contributed by atoms with Crippen molar-refractivity contribution in [2.75, 3.05) is 17.7 Å². The molecule has 2 aromatic heterocycles. The molecule has 1 atom stereocenters. The number of hydrogen-bond acceptors (Lipinski definition) is 6. The van der Waals surface area contributed by atoms with Gasteiger partial charge in [0.15, 0.2) is 0 Å². The van der Waals surface area contributed by atoms with E-state index >= 15 is 0 Å². The number of ether oxygens (including phenoxy) is 1. The fraction of sp³-hybridized carbons (Fsp3) is 0.143. The zero-order valence-corrected chi connectivity index (χ0v) is 16.6. The predicted molar refractivity (Wildman–Crippen MR) is 112 cm³/mol. The minimum atomic E-state index is -1.09. The molecule has 2 aliphatic rings. The number of amides is 2. The molecule has 2 aliphatic heterocycles. The molecule has 1 spiro atoms. The Hall–Kier alpha value is -3.72. The van der Waals surface area contributed by atoms with E-state index in [1.165, 1.54) is 11.3 Å². The summed E-state index contributed by atoms with van der Waals surface area (Å²) in [6.45, 7) is 0. The van der Waals surface area contributed by atoms with Crippen molar-refractivity contribution in [3.63, 3.8) is 0 Å². The van der Waals surface area contributed by atoms with Crippen molar-refractivity contribution >= 4 is 44.9 Å². The van der Waals surface area contributed by atoms with Gasteiger partial charge in [-0.2, -0.15) is 9.78 Å². The standard InChI is InChI=1S/C21H15N5O3S/c1-29-11-6-7-15-16(8-11)30-20(24-15)26-18-13(10-22-26)21(9-17(27)25-18)12-4-2-3-5-14(12)23-19(21)28/h2-8,10H,9H2,1H3,(H,23,28)(H,25,27). The first-order valence-corrected chi connectivity index (χ1v) is 10.2. The second-order valence-corrected chi connectivity index (χ2v) is 8.29. The average Bonchev–Trinajstić information content (AvgIpc) is 3.42. The Kier molecular flexibility index (Phi) is 3.37. The number of carbonyl (C=O) groups is 2. The minimum Gasteiger partial charge on any atom is -0.497 e.